The molecule has 0 bridgehead atoms. The molecule has 11 rings (SSSR count). The molecule has 1 aromatic heterocycles. The largest absolute Gasteiger partial charge is 0.248 e. The van der Waals surface area contributed by atoms with Crippen molar-refractivity contribution in [1.82, 2.24) is 4.98 Å². The molecule has 1 aliphatic rings. The zero-order valence-electron chi connectivity index (χ0n) is 32.5. The molecule has 0 radical (unpaired) electrons. The Morgan fingerprint density at radius 2 is 0.780 bits per heavy atom. The monoisotopic (exact) mass is 749 g/mol. The van der Waals surface area contributed by atoms with E-state index >= 15 is 0 Å². The van der Waals surface area contributed by atoms with E-state index in [4.69, 9.17) is 4.98 Å². The number of pyridine rings is 1. The van der Waals surface area contributed by atoms with Crippen LogP contribution < -0.4 is 0 Å². The highest BCUT2D eigenvalue weighted by molar-refractivity contribution is 6.03. The second kappa shape index (κ2) is 14.4. The fourth-order valence-electron chi connectivity index (χ4n) is 9.46. The van der Waals surface area contributed by atoms with E-state index in [9.17, 15) is 0 Å². The minimum atomic E-state index is -0.504. The molecule has 0 unspecified atom stereocenters. The molecule has 1 heterocycles. The maximum atomic E-state index is 5.26. The van der Waals surface area contributed by atoms with Gasteiger partial charge in [-0.1, -0.05) is 212 Å². The molecule has 0 aliphatic heterocycles. The fourth-order valence-corrected chi connectivity index (χ4v) is 9.46. The van der Waals surface area contributed by atoms with Crippen LogP contribution in [-0.4, -0.2) is 4.98 Å². The summed E-state index contributed by atoms with van der Waals surface area (Å²) in [7, 11) is 0. The molecule has 0 atom stereocenters. The lowest BCUT2D eigenvalue weighted by Gasteiger charge is -2.34. The van der Waals surface area contributed by atoms with Gasteiger partial charge >= 0.3 is 0 Å². The van der Waals surface area contributed by atoms with Crippen LogP contribution in [0.15, 0.2) is 237 Å². The number of hydrogen-bond donors (Lipinski definition) is 0. The van der Waals surface area contributed by atoms with Crippen LogP contribution in [0.2, 0.25) is 0 Å². The Labute approximate surface area is 345 Å². The first-order chi connectivity index (χ1) is 29.3. The van der Waals surface area contributed by atoms with Crippen LogP contribution in [0.5, 0.6) is 0 Å². The van der Waals surface area contributed by atoms with Crippen molar-refractivity contribution in [1.29, 1.82) is 0 Å². The van der Waals surface area contributed by atoms with E-state index in [0.29, 0.717) is 0 Å². The van der Waals surface area contributed by atoms with Crippen LogP contribution >= 0.6 is 0 Å². The Morgan fingerprint density at radius 3 is 1.46 bits per heavy atom. The van der Waals surface area contributed by atoms with Crippen LogP contribution in [0.4, 0.5) is 0 Å². The van der Waals surface area contributed by atoms with Gasteiger partial charge < -0.3 is 0 Å². The van der Waals surface area contributed by atoms with E-state index in [0.717, 1.165) is 33.6 Å². The van der Waals surface area contributed by atoms with E-state index in [2.05, 4.69) is 237 Å². The van der Waals surface area contributed by atoms with Crippen molar-refractivity contribution < 1.29 is 0 Å². The topological polar surface area (TPSA) is 12.9 Å². The lowest BCUT2D eigenvalue weighted by molar-refractivity contribution is 0.769. The second-order valence-electron chi connectivity index (χ2n) is 15.4. The third-order valence-corrected chi connectivity index (χ3v) is 12.2. The number of aromatic nitrogens is 1. The van der Waals surface area contributed by atoms with Gasteiger partial charge in [0.25, 0.3) is 0 Å². The molecule has 0 spiro atoms. The molecule has 1 heteroatoms. The van der Waals surface area contributed by atoms with E-state index < -0.39 is 5.41 Å². The van der Waals surface area contributed by atoms with Gasteiger partial charge in [-0.05, 0) is 102 Å². The lowest BCUT2D eigenvalue weighted by Crippen LogP contribution is -2.28. The van der Waals surface area contributed by atoms with Crippen molar-refractivity contribution in [3.05, 3.63) is 259 Å². The van der Waals surface area contributed by atoms with Crippen molar-refractivity contribution in [2.75, 3.05) is 0 Å². The molecule has 276 valence electrons. The number of benzene rings is 9. The summed E-state index contributed by atoms with van der Waals surface area (Å²) >= 11 is 0. The predicted octanol–water partition coefficient (Wildman–Crippen LogP) is 14.9. The summed E-state index contributed by atoms with van der Waals surface area (Å²) in [5.74, 6) is 0. The minimum Gasteiger partial charge on any atom is -0.248 e. The molecule has 0 amide bonds. The summed E-state index contributed by atoms with van der Waals surface area (Å²) in [4.78, 5) is 5.26. The normalized spacial score (nSPS) is 12.5. The first kappa shape index (κ1) is 34.6. The number of nitrogens with zero attached hydrogens (tertiary/aromatic N) is 1. The fraction of sp³-hybridized carbons (Fsp3) is 0.0172. The van der Waals surface area contributed by atoms with Crippen molar-refractivity contribution in [2.24, 2.45) is 0 Å². The highest BCUT2D eigenvalue weighted by Gasteiger charge is 2.46. The first-order valence-electron chi connectivity index (χ1n) is 20.4. The second-order valence-corrected chi connectivity index (χ2v) is 15.4. The van der Waals surface area contributed by atoms with Crippen molar-refractivity contribution in [2.45, 2.75) is 5.41 Å². The standard InChI is InChI=1S/C58H39N/c1-5-18-40(19-6-1)45-36-56(43-21-7-2-8-22-43)59-57(37-45)44-34-32-42(33-35-44)51-39-55-53(38-52(51)49-30-17-23-41-20-13-14-28-48(41)49)50-29-15-16-31-54(50)58(55,46-24-9-3-10-25-46)47-26-11-4-12-27-47/h1-39H. The van der Waals surface area contributed by atoms with Gasteiger partial charge in [0.05, 0.1) is 16.8 Å². The summed E-state index contributed by atoms with van der Waals surface area (Å²) < 4.78 is 0. The third-order valence-electron chi connectivity index (χ3n) is 12.2. The molecule has 0 N–H and O–H groups in total. The maximum absolute atomic E-state index is 5.26. The van der Waals surface area contributed by atoms with Gasteiger partial charge in [-0.3, -0.25) is 0 Å². The van der Waals surface area contributed by atoms with Gasteiger partial charge in [0.15, 0.2) is 0 Å². The Balaban J connectivity index is 1.15. The Morgan fingerprint density at radius 1 is 0.271 bits per heavy atom. The summed E-state index contributed by atoms with van der Waals surface area (Å²) in [6.07, 6.45) is 0. The molecule has 1 nitrogen and oxygen atoms in total. The van der Waals surface area contributed by atoms with Gasteiger partial charge in [-0.15, -0.1) is 0 Å². The van der Waals surface area contributed by atoms with Crippen molar-refractivity contribution >= 4 is 10.8 Å². The average Bonchev–Trinajstić information content (AvgIpc) is 3.62. The number of rotatable bonds is 7. The highest BCUT2D eigenvalue weighted by atomic mass is 14.7. The van der Waals surface area contributed by atoms with Gasteiger partial charge in [0.1, 0.15) is 0 Å². The van der Waals surface area contributed by atoms with Crippen LogP contribution in [0.1, 0.15) is 22.3 Å². The Kier molecular flexibility index (Phi) is 8.45. The lowest BCUT2D eigenvalue weighted by atomic mass is 9.67. The maximum Gasteiger partial charge on any atom is 0.0715 e. The molecule has 0 saturated carbocycles. The SMILES string of the molecule is c1ccc(-c2cc(-c3ccccc3)nc(-c3ccc(-c4cc5c(cc4-c4cccc6ccccc46)-c4ccccc4C5(c4ccccc4)c4ccccc4)cc3)c2)cc1. The highest BCUT2D eigenvalue weighted by Crippen LogP contribution is 2.58. The van der Waals surface area contributed by atoms with Crippen LogP contribution in [-0.2, 0) is 5.41 Å². The first-order valence-corrected chi connectivity index (χ1v) is 20.4. The smallest absolute Gasteiger partial charge is 0.0715 e. The van der Waals surface area contributed by atoms with Crippen molar-refractivity contribution in [3.63, 3.8) is 0 Å². The molecule has 1 aliphatic carbocycles. The van der Waals surface area contributed by atoms with Gasteiger partial charge in [-0.2, -0.15) is 0 Å². The van der Waals surface area contributed by atoms with Crippen LogP contribution in [0.3, 0.4) is 0 Å². The van der Waals surface area contributed by atoms with Crippen molar-refractivity contribution in [3.8, 4) is 67.0 Å². The third kappa shape index (κ3) is 5.82. The van der Waals surface area contributed by atoms with Crippen LogP contribution in [0.25, 0.3) is 77.8 Å². The Hall–Kier alpha value is -7.61. The zero-order valence-corrected chi connectivity index (χ0v) is 32.5. The molecule has 10 aromatic rings. The number of fused-ring (bicyclic) bond motifs is 4. The molecule has 0 fully saturated rings. The summed E-state index contributed by atoms with van der Waals surface area (Å²) in [5.41, 5.74) is 18.4. The van der Waals surface area contributed by atoms with Gasteiger partial charge in [-0.25, -0.2) is 4.98 Å². The molecule has 59 heavy (non-hydrogen) atoms. The average molecular weight is 750 g/mol. The molecular weight excluding hydrogens is 711 g/mol. The van der Waals surface area contributed by atoms with Crippen LogP contribution in [0, 0.1) is 0 Å². The van der Waals surface area contributed by atoms with E-state index in [1.165, 1.54) is 66.4 Å². The van der Waals surface area contributed by atoms with E-state index in [1.807, 2.05) is 0 Å². The molecular formula is C58H39N. The zero-order chi connectivity index (χ0) is 39.2. The molecule has 9 aromatic carbocycles. The molecule has 0 saturated heterocycles. The summed E-state index contributed by atoms with van der Waals surface area (Å²) in [6, 6.07) is 86.2. The van der Waals surface area contributed by atoms with Gasteiger partial charge in [0.2, 0.25) is 0 Å². The Bertz CT molecular complexity index is 3010. The van der Waals surface area contributed by atoms with Gasteiger partial charge in [0, 0.05) is 11.1 Å². The number of hydrogen-bond acceptors (Lipinski definition) is 1. The predicted molar refractivity (Wildman–Crippen MR) is 246 cm³/mol. The van der Waals surface area contributed by atoms with E-state index in [-0.39, 0.29) is 0 Å². The summed E-state index contributed by atoms with van der Waals surface area (Å²) in [6.45, 7) is 0. The quantitative estimate of drug-likeness (QED) is 0.158. The minimum absolute atomic E-state index is 0.504. The summed E-state index contributed by atoms with van der Waals surface area (Å²) in [5, 5.41) is 2.47. The van der Waals surface area contributed by atoms with E-state index in [1.54, 1.807) is 0 Å².